The van der Waals surface area contributed by atoms with Crippen LogP contribution < -0.4 is 0 Å². The van der Waals surface area contributed by atoms with Crippen molar-refractivity contribution in [1.29, 1.82) is 0 Å². The van der Waals surface area contributed by atoms with Crippen LogP contribution in [0.5, 0.6) is 0 Å². The molecule has 0 aromatic carbocycles. The molecule has 0 saturated carbocycles. The lowest BCUT2D eigenvalue weighted by molar-refractivity contribution is 0.0269. The first-order valence-electron chi connectivity index (χ1n) is 8.52. The molecule has 140 valence electrons. The van der Waals surface area contributed by atoms with E-state index in [1.165, 1.54) is 10.4 Å². The number of carboxylic acid groups (broad SMARTS) is 1. The number of piperidine rings is 1. The van der Waals surface area contributed by atoms with Gasteiger partial charge < -0.3 is 9.84 Å². The van der Waals surface area contributed by atoms with Crippen LogP contribution >= 0.6 is 11.3 Å². The zero-order valence-corrected chi connectivity index (χ0v) is 15.9. The van der Waals surface area contributed by atoms with Crippen molar-refractivity contribution in [2.24, 2.45) is 5.92 Å². The number of nitrogens with zero attached hydrogens (tertiary/aromatic N) is 2. The van der Waals surface area contributed by atoms with E-state index in [4.69, 9.17) is 9.84 Å². The fraction of sp³-hybridized carbons (Fsp3) is 0.688. The summed E-state index contributed by atoms with van der Waals surface area (Å²) < 4.78 is 32.6. The summed E-state index contributed by atoms with van der Waals surface area (Å²) in [6.07, 6.45) is 1.68. The van der Waals surface area contributed by atoms with Gasteiger partial charge in [0.15, 0.2) is 0 Å². The summed E-state index contributed by atoms with van der Waals surface area (Å²) in [7, 11) is -3.62. The molecular weight excluding hydrogens is 364 g/mol. The highest BCUT2D eigenvalue weighted by molar-refractivity contribution is 7.89. The molecule has 3 rings (SSSR count). The second-order valence-electron chi connectivity index (χ2n) is 6.60. The monoisotopic (exact) mass is 388 g/mol. The Bertz CT molecular complexity index is 717. The van der Waals surface area contributed by atoms with Crippen LogP contribution in [-0.4, -0.2) is 74.6 Å². The standard InChI is InChI=1S/C16H24N2O5S2/c1-12-15(10-14(24-12)16(19)20)25(21,22)18-4-2-13(3-5-18)11-17-6-8-23-9-7-17/h10,13H,2-9,11H2,1H3,(H,19,20). The summed E-state index contributed by atoms with van der Waals surface area (Å²) in [5, 5.41) is 9.08. The van der Waals surface area contributed by atoms with Crippen LogP contribution in [0.1, 0.15) is 27.4 Å². The Balaban J connectivity index is 1.62. The van der Waals surface area contributed by atoms with E-state index in [1.54, 1.807) is 6.92 Å². The number of carboxylic acids is 1. The molecular formula is C16H24N2O5S2. The average molecular weight is 389 g/mol. The van der Waals surface area contributed by atoms with Gasteiger partial charge in [0.05, 0.1) is 18.1 Å². The first kappa shape index (κ1) is 18.8. The Labute approximate surface area is 152 Å². The third kappa shape index (κ3) is 4.22. The number of rotatable bonds is 5. The van der Waals surface area contributed by atoms with Gasteiger partial charge in [0.1, 0.15) is 4.88 Å². The molecule has 7 nitrogen and oxygen atoms in total. The predicted octanol–water partition coefficient (Wildman–Crippen LogP) is 1.49. The van der Waals surface area contributed by atoms with Crippen LogP contribution in [0.4, 0.5) is 0 Å². The third-order valence-electron chi connectivity index (χ3n) is 4.89. The van der Waals surface area contributed by atoms with Crippen molar-refractivity contribution < 1.29 is 23.1 Å². The minimum atomic E-state index is -3.62. The molecule has 1 aromatic heterocycles. The molecule has 0 spiro atoms. The van der Waals surface area contributed by atoms with Crippen LogP contribution in [0.25, 0.3) is 0 Å². The van der Waals surface area contributed by atoms with E-state index in [-0.39, 0.29) is 9.77 Å². The van der Waals surface area contributed by atoms with Gasteiger partial charge in [0.25, 0.3) is 0 Å². The summed E-state index contributed by atoms with van der Waals surface area (Å²) in [5.74, 6) is -0.582. The molecule has 0 bridgehead atoms. The van der Waals surface area contributed by atoms with Gasteiger partial charge in [-0.2, -0.15) is 4.31 Å². The van der Waals surface area contributed by atoms with Gasteiger partial charge >= 0.3 is 5.97 Å². The van der Waals surface area contributed by atoms with Crippen LogP contribution in [-0.2, 0) is 14.8 Å². The fourth-order valence-corrected chi connectivity index (χ4v) is 6.32. The Morgan fingerprint density at radius 2 is 1.92 bits per heavy atom. The van der Waals surface area contributed by atoms with Crippen molar-refractivity contribution in [3.63, 3.8) is 0 Å². The number of hydrogen-bond donors (Lipinski definition) is 1. The van der Waals surface area contributed by atoms with Crippen molar-refractivity contribution >= 4 is 27.3 Å². The molecule has 2 fully saturated rings. The molecule has 2 saturated heterocycles. The maximum Gasteiger partial charge on any atom is 0.345 e. The predicted molar refractivity (Wildman–Crippen MR) is 94.8 cm³/mol. The van der Waals surface area contributed by atoms with Crippen LogP contribution in [0.2, 0.25) is 0 Å². The maximum atomic E-state index is 12.9. The molecule has 1 aromatic rings. The number of hydrogen-bond acceptors (Lipinski definition) is 6. The lowest BCUT2D eigenvalue weighted by atomic mass is 9.97. The highest BCUT2D eigenvalue weighted by Gasteiger charge is 2.32. The number of ether oxygens (including phenoxy) is 1. The van der Waals surface area contributed by atoms with Crippen molar-refractivity contribution in [2.45, 2.75) is 24.7 Å². The molecule has 9 heteroatoms. The Kier molecular flexibility index (Phi) is 5.79. The van der Waals surface area contributed by atoms with Gasteiger partial charge in [-0.1, -0.05) is 0 Å². The number of sulfonamides is 1. The smallest absolute Gasteiger partial charge is 0.345 e. The van der Waals surface area contributed by atoms with Crippen molar-refractivity contribution in [1.82, 2.24) is 9.21 Å². The zero-order valence-electron chi connectivity index (χ0n) is 14.3. The van der Waals surface area contributed by atoms with Crippen molar-refractivity contribution in [2.75, 3.05) is 45.9 Å². The number of thiophene rings is 1. The largest absolute Gasteiger partial charge is 0.477 e. The Hall–Kier alpha value is -1.00. The number of aryl methyl sites for hydroxylation is 1. The topological polar surface area (TPSA) is 87.1 Å². The van der Waals surface area contributed by atoms with Crippen LogP contribution in [0, 0.1) is 12.8 Å². The minimum Gasteiger partial charge on any atom is -0.477 e. The molecule has 0 atom stereocenters. The number of carbonyl (C=O) groups is 1. The highest BCUT2D eigenvalue weighted by Crippen LogP contribution is 2.31. The van der Waals surface area contributed by atoms with Crippen LogP contribution in [0.3, 0.4) is 0 Å². The average Bonchev–Trinajstić information content (AvgIpc) is 2.99. The van der Waals surface area contributed by atoms with Gasteiger partial charge in [-0.25, -0.2) is 13.2 Å². The minimum absolute atomic E-state index is 0.0679. The molecule has 2 aliphatic heterocycles. The molecule has 0 aliphatic carbocycles. The van der Waals surface area contributed by atoms with Gasteiger partial charge in [-0.3, -0.25) is 4.90 Å². The molecule has 1 N–H and O–H groups in total. The first-order valence-corrected chi connectivity index (χ1v) is 10.8. The molecule has 25 heavy (non-hydrogen) atoms. The molecule has 0 unspecified atom stereocenters. The fourth-order valence-electron chi connectivity index (χ4n) is 3.45. The van der Waals surface area contributed by atoms with Gasteiger partial charge in [-0.15, -0.1) is 11.3 Å². The SMILES string of the molecule is Cc1sc(C(=O)O)cc1S(=O)(=O)N1CCC(CN2CCOCC2)CC1. The van der Waals surface area contributed by atoms with E-state index in [0.29, 0.717) is 23.9 Å². The van der Waals surface area contributed by atoms with Gasteiger partial charge in [0, 0.05) is 37.6 Å². The summed E-state index contributed by atoms with van der Waals surface area (Å²) in [6.45, 7) is 7.10. The van der Waals surface area contributed by atoms with Crippen molar-refractivity contribution in [3.8, 4) is 0 Å². The van der Waals surface area contributed by atoms with E-state index in [2.05, 4.69) is 4.90 Å². The number of morpholine rings is 1. The summed E-state index contributed by atoms with van der Waals surface area (Å²) in [6, 6.07) is 1.29. The van der Waals surface area contributed by atoms with E-state index >= 15 is 0 Å². The molecule has 2 aliphatic rings. The molecule has 0 amide bonds. The second-order valence-corrected chi connectivity index (χ2v) is 9.76. The van der Waals surface area contributed by atoms with E-state index in [9.17, 15) is 13.2 Å². The zero-order chi connectivity index (χ0) is 18.0. The van der Waals surface area contributed by atoms with E-state index in [1.807, 2.05) is 0 Å². The number of aromatic carboxylic acids is 1. The molecule has 0 radical (unpaired) electrons. The summed E-state index contributed by atoms with van der Waals surface area (Å²) in [5.41, 5.74) is 0. The quantitative estimate of drug-likeness (QED) is 0.822. The third-order valence-corrected chi connectivity index (χ3v) is 8.09. The second kappa shape index (κ2) is 7.71. The van der Waals surface area contributed by atoms with E-state index in [0.717, 1.165) is 57.0 Å². The molecule has 3 heterocycles. The Morgan fingerprint density at radius 3 is 2.48 bits per heavy atom. The lowest BCUT2D eigenvalue weighted by Gasteiger charge is -2.35. The van der Waals surface area contributed by atoms with Gasteiger partial charge in [0.2, 0.25) is 10.0 Å². The van der Waals surface area contributed by atoms with Crippen LogP contribution in [0.15, 0.2) is 11.0 Å². The maximum absolute atomic E-state index is 12.9. The lowest BCUT2D eigenvalue weighted by Crippen LogP contribution is -2.44. The normalized spacial score (nSPS) is 21.5. The highest BCUT2D eigenvalue weighted by atomic mass is 32.2. The summed E-state index contributed by atoms with van der Waals surface area (Å²) in [4.78, 5) is 14.2. The first-order chi connectivity index (χ1) is 11.9. The van der Waals surface area contributed by atoms with Crippen molar-refractivity contribution in [3.05, 3.63) is 15.8 Å². The Morgan fingerprint density at radius 1 is 1.28 bits per heavy atom. The van der Waals surface area contributed by atoms with E-state index < -0.39 is 16.0 Å². The summed E-state index contributed by atoms with van der Waals surface area (Å²) >= 11 is 1.01. The van der Waals surface area contributed by atoms with Gasteiger partial charge in [-0.05, 0) is 31.7 Å².